The largest absolute Gasteiger partial charge is 0.348 e. The van der Waals surface area contributed by atoms with Crippen LogP contribution in [0.25, 0.3) is 5.52 Å². The number of H-pyrrole nitrogens is 1. The Bertz CT molecular complexity index is 1220. The van der Waals surface area contributed by atoms with E-state index in [0.29, 0.717) is 12.2 Å². The van der Waals surface area contributed by atoms with Crippen LogP contribution in [0.2, 0.25) is 0 Å². The Balaban J connectivity index is 1.47. The zero-order chi connectivity index (χ0) is 19.7. The van der Waals surface area contributed by atoms with Crippen LogP contribution in [-0.2, 0) is 11.2 Å². The van der Waals surface area contributed by atoms with Crippen LogP contribution in [0.15, 0.2) is 47.2 Å². The number of likely N-dealkylation sites (N-methyl/N-ethyl adjacent to an activating group) is 1. The van der Waals surface area contributed by atoms with Crippen LogP contribution in [0, 0.1) is 6.92 Å². The zero-order valence-electron chi connectivity index (χ0n) is 16.2. The van der Waals surface area contributed by atoms with Crippen LogP contribution in [0.3, 0.4) is 0 Å². The maximum absolute atomic E-state index is 13.7. The molecule has 6 heterocycles. The molecule has 1 fully saturated rings. The molecule has 3 aliphatic heterocycles. The minimum atomic E-state index is -0.337. The van der Waals surface area contributed by atoms with Crippen LogP contribution in [-0.4, -0.2) is 66.8 Å². The van der Waals surface area contributed by atoms with Gasteiger partial charge in [0.1, 0.15) is 18.1 Å². The van der Waals surface area contributed by atoms with Gasteiger partial charge in [-0.15, -0.1) is 0 Å². The Morgan fingerprint density at radius 3 is 3.10 bits per heavy atom. The van der Waals surface area contributed by atoms with E-state index in [9.17, 15) is 4.79 Å². The van der Waals surface area contributed by atoms with Gasteiger partial charge in [0.25, 0.3) is 5.91 Å². The maximum atomic E-state index is 13.7. The SMILES string of the molecule is Cc1cccn2nc([C@@H]3c4nc[nH]c4CCN3C(=O)C3=C4CN4C=NN3C)cc12. The fraction of sp³-hybridized carbons (Fsp3) is 0.300. The number of amides is 1. The summed E-state index contributed by atoms with van der Waals surface area (Å²) in [6.45, 7) is 3.42. The molecule has 146 valence electrons. The van der Waals surface area contributed by atoms with E-state index in [-0.39, 0.29) is 11.9 Å². The smallest absolute Gasteiger partial charge is 0.274 e. The maximum Gasteiger partial charge on any atom is 0.274 e. The summed E-state index contributed by atoms with van der Waals surface area (Å²) in [5, 5.41) is 10.8. The number of aromatic amines is 1. The summed E-state index contributed by atoms with van der Waals surface area (Å²) in [6, 6.07) is 5.77. The van der Waals surface area contributed by atoms with Gasteiger partial charge in [0.05, 0.1) is 35.5 Å². The first-order chi connectivity index (χ1) is 14.1. The molecule has 9 heteroatoms. The van der Waals surface area contributed by atoms with Gasteiger partial charge in [0.15, 0.2) is 0 Å². The van der Waals surface area contributed by atoms with Gasteiger partial charge >= 0.3 is 0 Å². The molecule has 3 aromatic rings. The lowest BCUT2D eigenvalue weighted by Crippen LogP contribution is -2.44. The third-order valence-electron chi connectivity index (χ3n) is 5.93. The first-order valence-electron chi connectivity index (χ1n) is 9.67. The molecule has 6 rings (SSSR count). The number of nitrogens with zero attached hydrogens (tertiary/aromatic N) is 7. The third-order valence-corrected chi connectivity index (χ3v) is 5.93. The summed E-state index contributed by atoms with van der Waals surface area (Å²) < 4.78 is 1.87. The second-order valence-electron chi connectivity index (χ2n) is 7.69. The van der Waals surface area contributed by atoms with Crippen molar-refractivity contribution in [3.8, 4) is 0 Å². The number of nitrogens with one attached hydrogen (secondary N) is 1. The molecule has 0 spiro atoms. The number of carbonyl (C=O) groups is 1. The molecule has 3 aliphatic rings. The highest BCUT2D eigenvalue weighted by molar-refractivity contribution is 5.96. The molecule has 0 radical (unpaired) electrons. The van der Waals surface area contributed by atoms with Crippen molar-refractivity contribution in [3.05, 3.63) is 64.8 Å². The number of fused-ring (bicyclic) bond motifs is 3. The van der Waals surface area contributed by atoms with E-state index in [2.05, 4.69) is 34.1 Å². The van der Waals surface area contributed by atoms with E-state index in [0.717, 1.165) is 46.8 Å². The molecular formula is C20H20N8O. The number of aromatic nitrogens is 4. The van der Waals surface area contributed by atoms with Gasteiger partial charge in [-0.3, -0.25) is 9.80 Å². The average Bonchev–Trinajstić information content (AvgIpc) is 3.12. The van der Waals surface area contributed by atoms with Gasteiger partial charge in [-0.1, -0.05) is 6.07 Å². The fourth-order valence-electron chi connectivity index (χ4n) is 4.33. The number of aryl methyl sites for hydroxylation is 1. The molecule has 3 aromatic heterocycles. The first-order valence-corrected chi connectivity index (χ1v) is 9.67. The lowest BCUT2D eigenvalue weighted by Gasteiger charge is -2.35. The normalized spacial score (nSPS) is 20.3. The quantitative estimate of drug-likeness (QED) is 0.668. The average molecular weight is 388 g/mol. The van der Waals surface area contributed by atoms with Gasteiger partial charge in [-0.2, -0.15) is 10.2 Å². The summed E-state index contributed by atoms with van der Waals surface area (Å²) >= 11 is 0. The van der Waals surface area contributed by atoms with Crippen LogP contribution in [0.4, 0.5) is 0 Å². The molecule has 0 aromatic carbocycles. The summed E-state index contributed by atoms with van der Waals surface area (Å²) in [7, 11) is 1.82. The standard InChI is InChI=1S/C20H20N8O/c1-12-4-3-6-28-15(12)8-14(24-28)18-17-13(21-10-22-17)5-7-27(18)20(29)19-16-9-26(16)11-23-25(19)2/h3-4,6,8,10-11,18H,5,7,9H2,1-2H3,(H,21,22)/t18-,26?/m1/s1. The van der Waals surface area contributed by atoms with E-state index < -0.39 is 0 Å². The van der Waals surface area contributed by atoms with E-state index >= 15 is 0 Å². The van der Waals surface area contributed by atoms with Crippen molar-refractivity contribution in [3.63, 3.8) is 0 Å². The number of hydrogen-bond donors (Lipinski definition) is 1. The van der Waals surface area contributed by atoms with Gasteiger partial charge < -0.3 is 14.8 Å². The Morgan fingerprint density at radius 2 is 2.24 bits per heavy atom. The number of hydrogen-bond acceptors (Lipinski definition) is 6. The fourth-order valence-corrected chi connectivity index (χ4v) is 4.33. The Hall–Kier alpha value is -3.62. The molecule has 1 N–H and O–H groups in total. The molecular weight excluding hydrogens is 368 g/mol. The van der Waals surface area contributed by atoms with Gasteiger partial charge in [0.2, 0.25) is 0 Å². The molecule has 29 heavy (non-hydrogen) atoms. The third kappa shape index (κ3) is 2.33. The Morgan fingerprint density at radius 1 is 1.34 bits per heavy atom. The molecule has 1 amide bonds. The molecule has 1 saturated heterocycles. The minimum absolute atomic E-state index is 0.0331. The second kappa shape index (κ2) is 5.69. The predicted molar refractivity (Wildman–Crippen MR) is 106 cm³/mol. The van der Waals surface area contributed by atoms with Crippen molar-refractivity contribution in [2.24, 2.45) is 5.10 Å². The number of imidazole rings is 1. The molecule has 0 bridgehead atoms. The lowest BCUT2D eigenvalue weighted by atomic mass is 9.99. The van der Waals surface area contributed by atoms with Crippen LogP contribution >= 0.6 is 0 Å². The molecule has 0 unspecified atom stereocenters. The van der Waals surface area contributed by atoms with E-state index in [1.807, 2.05) is 33.6 Å². The zero-order valence-corrected chi connectivity index (χ0v) is 16.2. The predicted octanol–water partition coefficient (Wildman–Crippen LogP) is 1.26. The Labute approximate surface area is 166 Å². The van der Waals surface area contributed by atoms with Crippen LogP contribution < -0.4 is 0 Å². The first kappa shape index (κ1) is 16.3. The van der Waals surface area contributed by atoms with Crippen molar-refractivity contribution in [1.82, 2.24) is 34.4 Å². The van der Waals surface area contributed by atoms with E-state index in [4.69, 9.17) is 5.10 Å². The minimum Gasteiger partial charge on any atom is -0.348 e. The lowest BCUT2D eigenvalue weighted by molar-refractivity contribution is -0.131. The highest BCUT2D eigenvalue weighted by Gasteiger charge is 2.42. The van der Waals surface area contributed by atoms with Gasteiger partial charge in [-0.25, -0.2) is 9.50 Å². The summed E-state index contributed by atoms with van der Waals surface area (Å²) in [5.74, 6) is -0.0331. The van der Waals surface area contributed by atoms with E-state index in [1.165, 1.54) is 0 Å². The topological polar surface area (TPSA) is 84.9 Å². The van der Waals surface area contributed by atoms with E-state index in [1.54, 1.807) is 17.7 Å². The molecule has 0 saturated carbocycles. The number of pyridine rings is 1. The van der Waals surface area contributed by atoms with Crippen LogP contribution in [0.5, 0.6) is 0 Å². The highest BCUT2D eigenvalue weighted by Crippen LogP contribution is 2.37. The molecule has 9 nitrogen and oxygen atoms in total. The summed E-state index contributed by atoms with van der Waals surface area (Å²) in [6.07, 6.45) is 6.14. The second-order valence-corrected chi connectivity index (χ2v) is 7.69. The van der Waals surface area contributed by atoms with Crippen molar-refractivity contribution >= 4 is 17.8 Å². The van der Waals surface area contributed by atoms with Crippen molar-refractivity contribution < 1.29 is 4.79 Å². The highest BCUT2D eigenvalue weighted by atomic mass is 16.2. The van der Waals surface area contributed by atoms with Crippen LogP contribution in [0.1, 0.15) is 28.7 Å². The molecule has 0 aliphatic carbocycles. The number of hydrazone groups is 1. The van der Waals surface area contributed by atoms with Gasteiger partial charge in [0, 0.05) is 31.9 Å². The van der Waals surface area contributed by atoms with Gasteiger partial charge in [-0.05, 0) is 24.6 Å². The van der Waals surface area contributed by atoms with Crippen molar-refractivity contribution in [2.45, 2.75) is 19.4 Å². The van der Waals surface area contributed by atoms with Crippen molar-refractivity contribution in [2.75, 3.05) is 20.1 Å². The number of rotatable bonds is 2. The monoisotopic (exact) mass is 388 g/mol. The summed E-state index contributed by atoms with van der Waals surface area (Å²) in [5.41, 5.74) is 6.58. The van der Waals surface area contributed by atoms with Crippen molar-refractivity contribution in [1.29, 1.82) is 0 Å². The number of carbonyl (C=O) groups excluding carboxylic acids is 1. The Kier molecular flexibility index (Phi) is 3.21. The molecule has 1 atom stereocenters. The summed E-state index contributed by atoms with van der Waals surface area (Å²) in [4.78, 5) is 25.3.